The summed E-state index contributed by atoms with van der Waals surface area (Å²) in [7, 11) is 0. The molecule has 0 saturated heterocycles. The summed E-state index contributed by atoms with van der Waals surface area (Å²) in [4.78, 5) is 19.3. The fourth-order valence-corrected chi connectivity index (χ4v) is 2.04. The fraction of sp³-hybridized carbons (Fsp3) is 0.0714. The molecule has 0 aliphatic rings. The van der Waals surface area contributed by atoms with E-state index >= 15 is 0 Å². The molecule has 0 aliphatic heterocycles. The molecule has 5 nitrogen and oxygen atoms in total. The van der Waals surface area contributed by atoms with E-state index in [-0.39, 0.29) is 17.2 Å². The number of hydrogen-bond acceptors (Lipinski definition) is 3. The van der Waals surface area contributed by atoms with Crippen molar-refractivity contribution in [2.75, 3.05) is 0 Å². The van der Waals surface area contributed by atoms with Crippen LogP contribution in [0.5, 0.6) is 0 Å². The highest BCUT2D eigenvalue weighted by atomic mass is 19.1. The first kappa shape index (κ1) is 12.3. The molecule has 0 aliphatic carbocycles. The number of hydrogen-bond donors (Lipinski definition) is 1. The molecule has 1 N–H and O–H groups in total. The maximum atomic E-state index is 12.9. The number of aryl methyl sites for hydroxylation is 1. The molecule has 0 spiro atoms. The van der Waals surface area contributed by atoms with Gasteiger partial charge in [-0.25, -0.2) is 19.2 Å². The van der Waals surface area contributed by atoms with Gasteiger partial charge < -0.3 is 5.11 Å². The highest BCUT2D eigenvalue weighted by Crippen LogP contribution is 2.21. The molecule has 0 amide bonds. The minimum absolute atomic E-state index is 0.0999. The molecule has 0 atom stereocenters. The van der Waals surface area contributed by atoms with Gasteiger partial charge in [0.25, 0.3) is 0 Å². The standard InChI is InChI=1S/C14H10FN3O2/c1-8-6-11(9-2-4-10(15)5-3-9)17-13-12(14(19)20)16-7-18(8)13/h2-7H,1H3,(H,19,20). The molecule has 0 saturated carbocycles. The molecule has 0 fully saturated rings. The summed E-state index contributed by atoms with van der Waals surface area (Å²) in [6, 6.07) is 7.68. The molecule has 3 rings (SSSR count). The van der Waals surface area contributed by atoms with Gasteiger partial charge in [-0.15, -0.1) is 0 Å². The van der Waals surface area contributed by atoms with Crippen LogP contribution in [-0.2, 0) is 0 Å². The van der Waals surface area contributed by atoms with Gasteiger partial charge in [-0.05, 0) is 37.3 Å². The molecule has 0 unspecified atom stereocenters. The predicted molar refractivity (Wildman–Crippen MR) is 70.1 cm³/mol. The molecule has 20 heavy (non-hydrogen) atoms. The van der Waals surface area contributed by atoms with E-state index in [1.165, 1.54) is 18.5 Å². The quantitative estimate of drug-likeness (QED) is 0.777. The van der Waals surface area contributed by atoms with Crippen molar-refractivity contribution in [3.63, 3.8) is 0 Å². The van der Waals surface area contributed by atoms with E-state index in [1.807, 2.05) is 6.92 Å². The van der Waals surface area contributed by atoms with Crippen molar-refractivity contribution in [1.29, 1.82) is 0 Å². The lowest BCUT2D eigenvalue weighted by Crippen LogP contribution is -2.01. The van der Waals surface area contributed by atoms with Crippen LogP contribution in [0.4, 0.5) is 4.39 Å². The molecule has 100 valence electrons. The van der Waals surface area contributed by atoms with Gasteiger partial charge in [-0.3, -0.25) is 4.40 Å². The monoisotopic (exact) mass is 271 g/mol. The van der Waals surface area contributed by atoms with E-state index in [0.29, 0.717) is 5.69 Å². The number of carboxylic acids is 1. The van der Waals surface area contributed by atoms with Crippen molar-refractivity contribution in [3.05, 3.63) is 53.9 Å². The van der Waals surface area contributed by atoms with Crippen LogP contribution in [0.15, 0.2) is 36.7 Å². The van der Waals surface area contributed by atoms with Crippen LogP contribution in [0.25, 0.3) is 16.9 Å². The molecule has 0 radical (unpaired) electrons. The first-order valence-electron chi connectivity index (χ1n) is 5.90. The molecule has 2 aromatic heterocycles. The van der Waals surface area contributed by atoms with E-state index < -0.39 is 5.97 Å². The number of imidazole rings is 1. The smallest absolute Gasteiger partial charge is 0.358 e. The van der Waals surface area contributed by atoms with E-state index in [9.17, 15) is 9.18 Å². The van der Waals surface area contributed by atoms with Gasteiger partial charge in [0.15, 0.2) is 11.3 Å². The predicted octanol–water partition coefficient (Wildman–Crippen LogP) is 2.54. The van der Waals surface area contributed by atoms with Gasteiger partial charge in [0, 0.05) is 11.3 Å². The summed E-state index contributed by atoms with van der Waals surface area (Å²) in [6.45, 7) is 1.83. The first-order valence-corrected chi connectivity index (χ1v) is 5.90. The minimum Gasteiger partial charge on any atom is -0.476 e. The molecule has 1 aromatic carbocycles. The Balaban J connectivity index is 2.24. The Bertz CT molecular complexity index is 809. The van der Waals surface area contributed by atoms with E-state index in [2.05, 4.69) is 9.97 Å². The van der Waals surface area contributed by atoms with Crippen LogP contribution >= 0.6 is 0 Å². The Morgan fingerprint density at radius 3 is 2.65 bits per heavy atom. The van der Waals surface area contributed by atoms with Crippen molar-refractivity contribution in [1.82, 2.24) is 14.4 Å². The lowest BCUT2D eigenvalue weighted by Gasteiger charge is -2.05. The van der Waals surface area contributed by atoms with E-state index in [1.54, 1.807) is 22.6 Å². The molecular formula is C14H10FN3O2. The van der Waals surface area contributed by atoms with E-state index in [4.69, 9.17) is 5.11 Å². The Kier molecular flexibility index (Phi) is 2.71. The SMILES string of the molecule is Cc1cc(-c2ccc(F)cc2)nc2c(C(=O)O)ncn12. The second kappa shape index (κ2) is 4.41. The average molecular weight is 271 g/mol. The summed E-state index contributed by atoms with van der Waals surface area (Å²) in [6.07, 6.45) is 1.43. The van der Waals surface area contributed by atoms with Gasteiger partial charge in [0.2, 0.25) is 0 Å². The highest BCUT2D eigenvalue weighted by Gasteiger charge is 2.15. The highest BCUT2D eigenvalue weighted by molar-refractivity contribution is 5.92. The number of fused-ring (bicyclic) bond motifs is 1. The van der Waals surface area contributed by atoms with Crippen LogP contribution in [0.2, 0.25) is 0 Å². The number of benzene rings is 1. The zero-order chi connectivity index (χ0) is 14.3. The van der Waals surface area contributed by atoms with Gasteiger partial charge in [-0.1, -0.05) is 0 Å². The maximum Gasteiger partial charge on any atom is 0.358 e. The minimum atomic E-state index is -1.13. The van der Waals surface area contributed by atoms with Crippen molar-refractivity contribution in [2.45, 2.75) is 6.92 Å². The lowest BCUT2D eigenvalue weighted by atomic mass is 10.1. The number of aromatic nitrogens is 3. The maximum absolute atomic E-state index is 12.9. The van der Waals surface area contributed by atoms with Crippen molar-refractivity contribution in [3.8, 4) is 11.3 Å². The summed E-state index contributed by atoms with van der Waals surface area (Å²) in [5, 5.41) is 9.10. The second-order valence-corrected chi connectivity index (χ2v) is 4.38. The van der Waals surface area contributed by atoms with Crippen molar-refractivity contribution >= 4 is 11.6 Å². The third-order valence-corrected chi connectivity index (χ3v) is 3.04. The van der Waals surface area contributed by atoms with Gasteiger partial charge in [0.1, 0.15) is 12.1 Å². The zero-order valence-electron chi connectivity index (χ0n) is 10.5. The summed E-state index contributed by atoms with van der Waals surface area (Å²) < 4.78 is 14.6. The Labute approximate surface area is 113 Å². The Morgan fingerprint density at radius 1 is 1.30 bits per heavy atom. The largest absolute Gasteiger partial charge is 0.476 e. The second-order valence-electron chi connectivity index (χ2n) is 4.38. The van der Waals surface area contributed by atoms with Gasteiger partial charge in [0.05, 0.1) is 5.69 Å². The Hall–Kier alpha value is -2.76. The summed E-state index contributed by atoms with van der Waals surface area (Å²) >= 11 is 0. The summed E-state index contributed by atoms with van der Waals surface area (Å²) in [5.41, 5.74) is 2.27. The van der Waals surface area contributed by atoms with Gasteiger partial charge >= 0.3 is 5.97 Å². The van der Waals surface area contributed by atoms with Crippen LogP contribution in [0.1, 0.15) is 16.2 Å². The number of carbonyl (C=O) groups is 1. The topological polar surface area (TPSA) is 67.5 Å². The third-order valence-electron chi connectivity index (χ3n) is 3.04. The molecule has 2 heterocycles. The van der Waals surface area contributed by atoms with Gasteiger partial charge in [-0.2, -0.15) is 0 Å². The van der Waals surface area contributed by atoms with Crippen LogP contribution in [-0.4, -0.2) is 25.4 Å². The summed E-state index contributed by atoms with van der Waals surface area (Å²) in [5.74, 6) is -1.46. The zero-order valence-corrected chi connectivity index (χ0v) is 10.5. The first-order chi connectivity index (χ1) is 9.56. The van der Waals surface area contributed by atoms with Crippen LogP contribution < -0.4 is 0 Å². The van der Waals surface area contributed by atoms with E-state index in [0.717, 1.165) is 11.3 Å². The number of halogens is 1. The molecule has 3 aromatic rings. The molecule has 0 bridgehead atoms. The lowest BCUT2D eigenvalue weighted by molar-refractivity contribution is 0.0693. The van der Waals surface area contributed by atoms with Crippen molar-refractivity contribution < 1.29 is 14.3 Å². The number of carboxylic acid groups (broad SMARTS) is 1. The number of aromatic carboxylic acids is 1. The van der Waals surface area contributed by atoms with Crippen molar-refractivity contribution in [2.24, 2.45) is 0 Å². The fourth-order valence-electron chi connectivity index (χ4n) is 2.04. The molecule has 6 heteroatoms. The van der Waals surface area contributed by atoms with Crippen LogP contribution in [0.3, 0.4) is 0 Å². The molecular weight excluding hydrogens is 261 g/mol. The Morgan fingerprint density at radius 2 is 2.00 bits per heavy atom. The number of nitrogens with zero attached hydrogens (tertiary/aromatic N) is 3. The third kappa shape index (κ3) is 1.91. The normalized spacial score (nSPS) is 10.9. The van der Waals surface area contributed by atoms with Crippen LogP contribution in [0, 0.1) is 12.7 Å². The average Bonchev–Trinajstić information content (AvgIpc) is 2.84. The number of rotatable bonds is 2.